The van der Waals surface area contributed by atoms with Crippen molar-refractivity contribution in [2.75, 3.05) is 0 Å². The summed E-state index contributed by atoms with van der Waals surface area (Å²) in [4.78, 5) is 16.0. The number of hydrazine groups is 1. The smallest absolute Gasteiger partial charge is 0.238 e. The van der Waals surface area contributed by atoms with Crippen molar-refractivity contribution in [1.29, 1.82) is 0 Å². The molecule has 1 aromatic heterocycles. The van der Waals surface area contributed by atoms with Gasteiger partial charge in [0.2, 0.25) is 5.91 Å². The number of nitrogens with two attached hydrogens (primary N) is 1. The molecule has 2 aromatic rings. The fourth-order valence-electron chi connectivity index (χ4n) is 2.12. The van der Waals surface area contributed by atoms with Gasteiger partial charge in [0, 0.05) is 11.4 Å². The van der Waals surface area contributed by atoms with Crippen LogP contribution in [0.5, 0.6) is 0 Å². The highest BCUT2D eigenvalue weighted by Gasteiger charge is 2.08. The highest BCUT2D eigenvalue weighted by molar-refractivity contribution is 7.98. The first-order valence-electron chi connectivity index (χ1n) is 6.73. The van der Waals surface area contributed by atoms with Crippen molar-refractivity contribution in [3.8, 4) is 0 Å². The number of benzene rings is 1. The molecule has 0 bridgehead atoms. The molecule has 4 nitrogen and oxygen atoms in total. The van der Waals surface area contributed by atoms with E-state index in [1.807, 2.05) is 31.2 Å². The first kappa shape index (κ1) is 15.5. The van der Waals surface area contributed by atoms with Crippen LogP contribution in [-0.2, 0) is 17.0 Å². The summed E-state index contributed by atoms with van der Waals surface area (Å²) in [6.45, 7) is 4.06. The Bertz CT molecular complexity index is 623. The molecule has 0 unspecified atom stereocenters. The second-order valence-corrected chi connectivity index (χ2v) is 5.92. The van der Waals surface area contributed by atoms with Gasteiger partial charge in [-0.3, -0.25) is 10.2 Å². The van der Waals surface area contributed by atoms with Gasteiger partial charge in [0.1, 0.15) is 0 Å². The molecule has 0 spiro atoms. The van der Waals surface area contributed by atoms with Crippen molar-refractivity contribution in [3.63, 3.8) is 0 Å². The molecule has 2 rings (SSSR count). The van der Waals surface area contributed by atoms with Crippen LogP contribution >= 0.6 is 11.8 Å². The standard InChI is InChI=1S/C16H19N3OS/c1-11-7-12(2)18-16(8-11)21-10-14-6-4-3-5-13(14)9-15(20)19-17/h3-8H,9-10,17H2,1-2H3,(H,19,20). The van der Waals surface area contributed by atoms with Crippen LogP contribution in [0.3, 0.4) is 0 Å². The molecule has 5 heteroatoms. The van der Waals surface area contributed by atoms with Crippen LogP contribution in [-0.4, -0.2) is 10.9 Å². The van der Waals surface area contributed by atoms with E-state index in [9.17, 15) is 4.79 Å². The molecule has 0 radical (unpaired) electrons. The molecule has 0 saturated carbocycles. The lowest BCUT2D eigenvalue weighted by Gasteiger charge is -2.09. The molecule has 1 amide bonds. The Kier molecular flexibility index (Phi) is 5.36. The fourth-order valence-corrected chi connectivity index (χ4v) is 3.19. The summed E-state index contributed by atoms with van der Waals surface area (Å²) in [5.41, 5.74) is 6.53. The number of amides is 1. The highest BCUT2D eigenvalue weighted by atomic mass is 32.2. The molecule has 0 aliphatic rings. The van der Waals surface area contributed by atoms with E-state index >= 15 is 0 Å². The Morgan fingerprint density at radius 2 is 1.95 bits per heavy atom. The summed E-state index contributed by atoms with van der Waals surface area (Å²) in [6, 6.07) is 12.0. The van der Waals surface area contributed by atoms with Crippen molar-refractivity contribution >= 4 is 17.7 Å². The van der Waals surface area contributed by atoms with Crippen LogP contribution in [0.15, 0.2) is 41.4 Å². The van der Waals surface area contributed by atoms with Crippen LogP contribution in [0.25, 0.3) is 0 Å². The van der Waals surface area contributed by atoms with Gasteiger partial charge in [-0.1, -0.05) is 24.3 Å². The lowest BCUT2D eigenvalue weighted by Crippen LogP contribution is -2.31. The van der Waals surface area contributed by atoms with Gasteiger partial charge in [-0.15, -0.1) is 11.8 Å². The summed E-state index contributed by atoms with van der Waals surface area (Å²) in [7, 11) is 0. The third-order valence-corrected chi connectivity index (χ3v) is 4.04. The van der Waals surface area contributed by atoms with Crippen molar-refractivity contribution < 1.29 is 4.79 Å². The van der Waals surface area contributed by atoms with Crippen molar-refractivity contribution in [1.82, 2.24) is 10.4 Å². The van der Waals surface area contributed by atoms with Crippen LogP contribution in [0.1, 0.15) is 22.4 Å². The molecule has 0 fully saturated rings. The van der Waals surface area contributed by atoms with E-state index in [4.69, 9.17) is 5.84 Å². The quantitative estimate of drug-likeness (QED) is 0.385. The minimum atomic E-state index is -0.183. The third-order valence-electron chi connectivity index (χ3n) is 3.08. The normalized spacial score (nSPS) is 10.4. The van der Waals surface area contributed by atoms with Crippen molar-refractivity contribution in [2.45, 2.75) is 31.0 Å². The topological polar surface area (TPSA) is 68.0 Å². The Balaban J connectivity index is 2.10. The number of pyridine rings is 1. The summed E-state index contributed by atoms with van der Waals surface area (Å²) in [5, 5.41) is 1.01. The van der Waals surface area contributed by atoms with E-state index in [-0.39, 0.29) is 5.91 Å². The molecule has 0 aliphatic carbocycles. The number of aryl methyl sites for hydroxylation is 2. The van der Waals surface area contributed by atoms with E-state index in [2.05, 4.69) is 29.5 Å². The molecule has 1 aromatic carbocycles. The third kappa shape index (κ3) is 4.58. The number of nitrogens with one attached hydrogen (secondary N) is 1. The number of thioether (sulfide) groups is 1. The molecule has 3 N–H and O–H groups in total. The van der Waals surface area contributed by atoms with Crippen LogP contribution in [0.2, 0.25) is 0 Å². The molecule has 21 heavy (non-hydrogen) atoms. The predicted molar refractivity (Wildman–Crippen MR) is 85.7 cm³/mol. The zero-order valence-electron chi connectivity index (χ0n) is 12.2. The zero-order valence-corrected chi connectivity index (χ0v) is 13.0. The Labute approximate surface area is 129 Å². The summed E-state index contributed by atoms with van der Waals surface area (Å²) in [5.74, 6) is 5.75. The Hall–Kier alpha value is -1.85. The van der Waals surface area contributed by atoms with Crippen LogP contribution in [0.4, 0.5) is 0 Å². The SMILES string of the molecule is Cc1cc(C)nc(SCc2ccccc2CC(=O)NN)c1. The maximum Gasteiger partial charge on any atom is 0.238 e. The maximum atomic E-state index is 11.4. The molecule has 0 atom stereocenters. The van der Waals surface area contributed by atoms with Gasteiger partial charge >= 0.3 is 0 Å². The van der Waals surface area contributed by atoms with E-state index in [0.29, 0.717) is 6.42 Å². The van der Waals surface area contributed by atoms with E-state index in [1.165, 1.54) is 5.56 Å². The molecule has 0 aliphatic heterocycles. The van der Waals surface area contributed by atoms with E-state index in [0.717, 1.165) is 27.6 Å². The van der Waals surface area contributed by atoms with Crippen molar-refractivity contribution in [2.24, 2.45) is 5.84 Å². The van der Waals surface area contributed by atoms with E-state index < -0.39 is 0 Å². The van der Waals surface area contributed by atoms with Gasteiger partial charge in [-0.2, -0.15) is 0 Å². The van der Waals surface area contributed by atoms with Crippen molar-refractivity contribution in [3.05, 3.63) is 58.8 Å². The summed E-state index contributed by atoms with van der Waals surface area (Å²) < 4.78 is 0. The fraction of sp³-hybridized carbons (Fsp3) is 0.250. The molecule has 0 saturated heterocycles. The predicted octanol–water partition coefficient (Wildman–Crippen LogP) is 2.52. The number of carbonyl (C=O) groups is 1. The lowest BCUT2D eigenvalue weighted by atomic mass is 10.1. The first-order chi connectivity index (χ1) is 10.1. The minimum Gasteiger partial charge on any atom is -0.294 e. The molecule has 1 heterocycles. The molecular weight excluding hydrogens is 282 g/mol. The Morgan fingerprint density at radius 1 is 1.24 bits per heavy atom. The summed E-state index contributed by atoms with van der Waals surface area (Å²) in [6.07, 6.45) is 0.299. The number of nitrogens with zero attached hydrogens (tertiary/aromatic N) is 1. The summed E-state index contributed by atoms with van der Waals surface area (Å²) >= 11 is 1.68. The molecular formula is C16H19N3OS. The largest absolute Gasteiger partial charge is 0.294 e. The van der Waals surface area contributed by atoms with Gasteiger partial charge < -0.3 is 0 Å². The highest BCUT2D eigenvalue weighted by Crippen LogP contribution is 2.24. The van der Waals surface area contributed by atoms with Gasteiger partial charge in [-0.05, 0) is 42.7 Å². The average Bonchev–Trinajstić information content (AvgIpc) is 2.45. The number of hydrogen-bond donors (Lipinski definition) is 2. The van der Waals surface area contributed by atoms with Crippen LogP contribution < -0.4 is 11.3 Å². The lowest BCUT2D eigenvalue weighted by molar-refractivity contribution is -0.120. The average molecular weight is 301 g/mol. The first-order valence-corrected chi connectivity index (χ1v) is 7.71. The van der Waals surface area contributed by atoms with E-state index in [1.54, 1.807) is 11.8 Å². The number of rotatable bonds is 5. The number of hydrogen-bond acceptors (Lipinski definition) is 4. The zero-order chi connectivity index (χ0) is 15.2. The minimum absolute atomic E-state index is 0.183. The monoisotopic (exact) mass is 301 g/mol. The molecule has 110 valence electrons. The maximum absolute atomic E-state index is 11.4. The van der Waals surface area contributed by atoms with Gasteiger partial charge in [0.15, 0.2) is 0 Å². The second-order valence-electron chi connectivity index (χ2n) is 4.93. The number of carbonyl (C=O) groups excluding carboxylic acids is 1. The number of aromatic nitrogens is 1. The van der Waals surface area contributed by atoms with Gasteiger partial charge in [-0.25, -0.2) is 10.8 Å². The second kappa shape index (κ2) is 7.24. The Morgan fingerprint density at radius 3 is 2.62 bits per heavy atom. The van der Waals surface area contributed by atoms with Crippen LogP contribution in [0, 0.1) is 13.8 Å². The van der Waals surface area contributed by atoms with Gasteiger partial charge in [0.25, 0.3) is 0 Å². The van der Waals surface area contributed by atoms with Gasteiger partial charge in [0.05, 0.1) is 11.4 Å².